The summed E-state index contributed by atoms with van der Waals surface area (Å²) in [5, 5.41) is 23.0. The van der Waals surface area contributed by atoms with Gasteiger partial charge in [-0.25, -0.2) is 4.79 Å². The number of amides is 1. The van der Waals surface area contributed by atoms with Crippen LogP contribution in [0.3, 0.4) is 0 Å². The van der Waals surface area contributed by atoms with Gasteiger partial charge < -0.3 is 19.5 Å². The molecule has 0 radical (unpaired) electrons. The molecule has 1 heterocycles. The minimum absolute atomic E-state index is 0.0424. The third kappa shape index (κ3) is 4.20. The average molecular weight is 387 g/mol. The molecule has 2 aliphatic rings. The van der Waals surface area contributed by atoms with Gasteiger partial charge in [-0.05, 0) is 37.8 Å². The molecule has 10 heteroatoms. The molecule has 1 amide bonds. The first-order chi connectivity index (χ1) is 13.3. The minimum Gasteiger partial charge on any atom is -0.454 e. The van der Waals surface area contributed by atoms with Crippen molar-refractivity contribution < 1.29 is 28.7 Å². The maximum Gasteiger partial charge on any atom is 0.331 e. The number of nitro benzene ring substituents is 1. The molecule has 1 aliphatic heterocycles. The molecule has 1 N–H and O–H groups in total. The van der Waals surface area contributed by atoms with E-state index in [9.17, 15) is 25.0 Å². The first-order valence-corrected chi connectivity index (χ1v) is 8.47. The Bertz CT molecular complexity index is 901. The zero-order valence-electron chi connectivity index (χ0n) is 15.0. The van der Waals surface area contributed by atoms with Crippen LogP contribution in [-0.4, -0.2) is 35.7 Å². The third-order valence-electron chi connectivity index (χ3n) is 4.49. The number of hydrogen-bond acceptors (Lipinski definition) is 8. The van der Waals surface area contributed by atoms with Crippen molar-refractivity contribution in [3.63, 3.8) is 0 Å². The maximum atomic E-state index is 11.9. The molecule has 1 saturated carbocycles. The summed E-state index contributed by atoms with van der Waals surface area (Å²) < 4.78 is 15.1. The fraction of sp³-hybridized carbons (Fsp3) is 0.389. The van der Waals surface area contributed by atoms with Crippen molar-refractivity contribution in [3.05, 3.63) is 33.9 Å². The quantitative estimate of drug-likeness (QED) is 0.322. The molecule has 10 nitrogen and oxygen atoms in total. The van der Waals surface area contributed by atoms with Crippen LogP contribution in [0.4, 0.5) is 5.69 Å². The zero-order chi connectivity index (χ0) is 20.3. The predicted octanol–water partition coefficient (Wildman–Crippen LogP) is 1.69. The highest BCUT2D eigenvalue weighted by Crippen LogP contribution is 2.39. The molecule has 28 heavy (non-hydrogen) atoms. The van der Waals surface area contributed by atoms with Crippen molar-refractivity contribution in [2.75, 3.05) is 13.4 Å². The van der Waals surface area contributed by atoms with E-state index < -0.39 is 28.9 Å². The summed E-state index contributed by atoms with van der Waals surface area (Å²) in [6.07, 6.45) is 3.90. The van der Waals surface area contributed by atoms with Gasteiger partial charge >= 0.3 is 5.97 Å². The van der Waals surface area contributed by atoms with Gasteiger partial charge in [0, 0.05) is 6.08 Å². The molecule has 0 aromatic heterocycles. The fourth-order valence-corrected chi connectivity index (χ4v) is 2.79. The van der Waals surface area contributed by atoms with Crippen molar-refractivity contribution in [2.45, 2.75) is 25.3 Å². The van der Waals surface area contributed by atoms with Crippen molar-refractivity contribution >= 4 is 23.6 Å². The molecule has 0 spiro atoms. The first kappa shape index (κ1) is 19.2. The Labute approximate surface area is 159 Å². The van der Waals surface area contributed by atoms with Gasteiger partial charge in [0.25, 0.3) is 11.6 Å². The first-order valence-electron chi connectivity index (χ1n) is 8.47. The molecule has 0 bridgehead atoms. The van der Waals surface area contributed by atoms with Gasteiger partial charge in [-0.2, -0.15) is 5.26 Å². The number of nitrogens with one attached hydrogen (secondary N) is 1. The van der Waals surface area contributed by atoms with Crippen LogP contribution in [0.5, 0.6) is 11.5 Å². The number of nitro groups is 1. The van der Waals surface area contributed by atoms with Crippen LogP contribution < -0.4 is 14.8 Å². The van der Waals surface area contributed by atoms with E-state index in [2.05, 4.69) is 11.4 Å². The zero-order valence-corrected chi connectivity index (χ0v) is 15.0. The van der Waals surface area contributed by atoms with Crippen LogP contribution in [-0.2, 0) is 14.3 Å². The molecule has 1 aliphatic carbocycles. The van der Waals surface area contributed by atoms with Gasteiger partial charge in [-0.15, -0.1) is 0 Å². The van der Waals surface area contributed by atoms with Gasteiger partial charge in [0.1, 0.15) is 5.54 Å². The van der Waals surface area contributed by atoms with Gasteiger partial charge in [0.15, 0.2) is 18.1 Å². The maximum absolute atomic E-state index is 11.9. The number of nitriles is 1. The highest BCUT2D eigenvalue weighted by atomic mass is 16.7. The Kier molecular flexibility index (Phi) is 5.17. The van der Waals surface area contributed by atoms with Crippen LogP contribution in [0.25, 0.3) is 6.08 Å². The van der Waals surface area contributed by atoms with E-state index in [4.69, 9.17) is 14.2 Å². The lowest BCUT2D eigenvalue weighted by atomic mass is 9.98. The summed E-state index contributed by atoms with van der Waals surface area (Å²) in [6, 6.07) is 4.66. The summed E-state index contributed by atoms with van der Waals surface area (Å²) in [4.78, 5) is 34.3. The van der Waals surface area contributed by atoms with Crippen molar-refractivity contribution in [1.82, 2.24) is 5.32 Å². The van der Waals surface area contributed by atoms with E-state index in [-0.39, 0.29) is 29.7 Å². The lowest BCUT2D eigenvalue weighted by Crippen LogP contribution is -2.48. The van der Waals surface area contributed by atoms with Crippen LogP contribution >= 0.6 is 0 Å². The van der Waals surface area contributed by atoms with Crippen LogP contribution in [0, 0.1) is 27.4 Å². The third-order valence-corrected chi connectivity index (χ3v) is 4.49. The second-order valence-corrected chi connectivity index (χ2v) is 6.60. The molecule has 1 atom stereocenters. The van der Waals surface area contributed by atoms with Gasteiger partial charge in [0.05, 0.1) is 22.6 Å². The molecular weight excluding hydrogens is 370 g/mol. The fourth-order valence-electron chi connectivity index (χ4n) is 2.79. The molecular formula is C18H17N3O7. The van der Waals surface area contributed by atoms with Crippen LogP contribution in [0.15, 0.2) is 18.2 Å². The lowest BCUT2D eigenvalue weighted by Gasteiger charge is -2.22. The second-order valence-electron chi connectivity index (χ2n) is 6.60. The van der Waals surface area contributed by atoms with E-state index in [1.54, 1.807) is 6.92 Å². The Morgan fingerprint density at radius 2 is 2.11 bits per heavy atom. The summed E-state index contributed by atoms with van der Waals surface area (Å²) in [7, 11) is 0. The summed E-state index contributed by atoms with van der Waals surface area (Å²) in [5.74, 6) is -0.768. The average Bonchev–Trinajstić information content (AvgIpc) is 3.43. The number of carbonyl (C=O) groups excluding carboxylic acids is 2. The molecule has 1 fully saturated rings. The normalized spacial score (nSPS) is 16.9. The van der Waals surface area contributed by atoms with Gasteiger partial charge in [0.2, 0.25) is 6.79 Å². The Morgan fingerprint density at radius 3 is 2.71 bits per heavy atom. The molecule has 1 aromatic carbocycles. The van der Waals surface area contributed by atoms with Crippen molar-refractivity contribution in [3.8, 4) is 17.6 Å². The lowest BCUT2D eigenvalue weighted by molar-refractivity contribution is -0.385. The largest absolute Gasteiger partial charge is 0.454 e. The van der Waals surface area contributed by atoms with E-state index >= 15 is 0 Å². The summed E-state index contributed by atoms with van der Waals surface area (Å²) in [6.45, 7) is 1.03. The number of rotatable bonds is 7. The standard InChI is InChI=1S/C18H17N3O7/c1-18(9-19,12-3-4-12)20-16(22)8-26-17(23)5-2-11-6-14-15(28-10-27-14)7-13(11)21(24)25/h2,5-7,12H,3-4,8,10H2,1H3,(H,20,22)/b5-2+/t18-/m1/s1. The van der Waals surface area contributed by atoms with Crippen molar-refractivity contribution in [2.24, 2.45) is 5.92 Å². The smallest absolute Gasteiger partial charge is 0.331 e. The Morgan fingerprint density at radius 1 is 1.43 bits per heavy atom. The van der Waals surface area contributed by atoms with Crippen molar-refractivity contribution in [1.29, 1.82) is 5.26 Å². The summed E-state index contributed by atoms with van der Waals surface area (Å²) in [5.41, 5.74) is -1.12. The molecule has 1 aromatic rings. The van der Waals surface area contributed by atoms with Crippen LogP contribution in [0.2, 0.25) is 0 Å². The van der Waals surface area contributed by atoms with Gasteiger partial charge in [-0.1, -0.05) is 0 Å². The van der Waals surface area contributed by atoms with E-state index in [0.717, 1.165) is 18.9 Å². The topological polar surface area (TPSA) is 141 Å². The number of ether oxygens (including phenoxy) is 3. The molecule has 0 saturated heterocycles. The predicted molar refractivity (Wildman–Crippen MR) is 94.1 cm³/mol. The number of benzene rings is 1. The highest BCUT2D eigenvalue weighted by molar-refractivity contribution is 5.90. The van der Waals surface area contributed by atoms with E-state index in [0.29, 0.717) is 5.75 Å². The minimum atomic E-state index is -0.980. The summed E-state index contributed by atoms with van der Waals surface area (Å²) >= 11 is 0. The molecule has 146 valence electrons. The number of esters is 1. The number of nitrogens with zero attached hydrogens (tertiary/aromatic N) is 2. The van der Waals surface area contributed by atoms with Gasteiger partial charge in [-0.3, -0.25) is 14.9 Å². The van der Waals surface area contributed by atoms with Crippen LogP contribution in [0.1, 0.15) is 25.3 Å². The van der Waals surface area contributed by atoms with E-state index in [1.807, 2.05) is 0 Å². The molecule has 3 rings (SSSR count). The second kappa shape index (κ2) is 7.56. The number of carbonyl (C=O) groups is 2. The number of fused-ring (bicyclic) bond motifs is 1. The Balaban J connectivity index is 1.59. The highest BCUT2D eigenvalue weighted by Gasteiger charge is 2.43. The molecule has 0 unspecified atom stereocenters. The SMILES string of the molecule is C[C@](C#N)(NC(=O)COC(=O)/C=C/c1cc2c(cc1[N+](=O)[O-])OCO2)C1CC1. The number of hydrogen-bond donors (Lipinski definition) is 1. The Hall–Kier alpha value is -3.61. The van der Waals surface area contributed by atoms with E-state index in [1.165, 1.54) is 18.2 Å². The monoisotopic (exact) mass is 387 g/mol.